The molecule has 0 aliphatic heterocycles. The number of benzene rings is 3. The molecule has 2 nitrogen and oxygen atoms in total. The van der Waals surface area contributed by atoms with Crippen molar-refractivity contribution in [2.75, 3.05) is 0 Å². The third-order valence-electron chi connectivity index (χ3n) is 5.01. The van der Waals surface area contributed by atoms with Gasteiger partial charge >= 0.3 is 0 Å². The fourth-order valence-corrected chi connectivity index (χ4v) is 3.62. The number of rotatable bonds is 1. The fourth-order valence-electron chi connectivity index (χ4n) is 3.62. The lowest BCUT2D eigenvalue weighted by Gasteiger charge is -2.06. The van der Waals surface area contributed by atoms with Crippen LogP contribution in [-0.4, -0.2) is 10.7 Å². The van der Waals surface area contributed by atoms with E-state index in [-0.39, 0.29) is 0 Å². The van der Waals surface area contributed by atoms with E-state index in [0.717, 1.165) is 44.7 Å². The molecule has 1 aromatic heterocycles. The fraction of sp³-hybridized carbons (Fsp3) is 0.0833. The van der Waals surface area contributed by atoms with Gasteiger partial charge < -0.3 is 0 Å². The Morgan fingerprint density at radius 1 is 0.731 bits per heavy atom. The molecule has 0 bridgehead atoms. The van der Waals surface area contributed by atoms with E-state index < -0.39 is 0 Å². The molecule has 26 heavy (non-hydrogen) atoms. The molecule has 0 fully saturated rings. The summed E-state index contributed by atoms with van der Waals surface area (Å²) in [4.78, 5) is 10.0. The minimum atomic E-state index is 1.02. The third kappa shape index (κ3) is 2.26. The van der Waals surface area contributed by atoms with Gasteiger partial charge in [-0.05, 0) is 43.2 Å². The molecule has 4 aromatic rings. The summed E-state index contributed by atoms with van der Waals surface area (Å²) in [7, 11) is 0. The first-order valence-electron chi connectivity index (χ1n) is 8.86. The molecule has 1 aliphatic carbocycles. The van der Waals surface area contributed by atoms with Gasteiger partial charge in [-0.3, -0.25) is 0 Å². The highest BCUT2D eigenvalue weighted by Gasteiger charge is 2.26. The molecule has 0 saturated carbocycles. The first kappa shape index (κ1) is 15.0. The summed E-state index contributed by atoms with van der Waals surface area (Å²) in [5.41, 5.74) is 9.94. The van der Waals surface area contributed by atoms with Crippen LogP contribution in [0.25, 0.3) is 22.2 Å². The maximum Gasteiger partial charge on any atom is 0.0810 e. The van der Waals surface area contributed by atoms with Crippen LogP contribution in [0.15, 0.2) is 77.8 Å². The number of aliphatic imine (C=N–C) groups is 1. The smallest absolute Gasteiger partial charge is 0.0810 e. The first-order chi connectivity index (χ1) is 12.7. The number of hydrogen-bond acceptors (Lipinski definition) is 2. The van der Waals surface area contributed by atoms with Crippen LogP contribution < -0.4 is 0 Å². The van der Waals surface area contributed by atoms with Gasteiger partial charge in [-0.25, -0.2) is 9.98 Å². The number of nitrogens with zero attached hydrogens (tertiary/aromatic N) is 2. The maximum absolute atomic E-state index is 5.08. The number of fused-ring (bicyclic) bond motifs is 4. The van der Waals surface area contributed by atoms with Crippen LogP contribution in [0.1, 0.15) is 22.3 Å². The van der Waals surface area contributed by atoms with E-state index in [1.54, 1.807) is 0 Å². The van der Waals surface area contributed by atoms with Gasteiger partial charge in [-0.2, -0.15) is 0 Å². The van der Waals surface area contributed by atoms with Crippen LogP contribution in [0.2, 0.25) is 0 Å². The van der Waals surface area contributed by atoms with Gasteiger partial charge in [0, 0.05) is 22.1 Å². The number of hydrogen-bond donors (Lipinski definition) is 0. The van der Waals surface area contributed by atoms with Crippen molar-refractivity contribution < 1.29 is 0 Å². The van der Waals surface area contributed by atoms with Crippen LogP contribution in [-0.2, 0) is 0 Å². The van der Waals surface area contributed by atoms with Crippen molar-refractivity contribution in [3.05, 3.63) is 95.1 Å². The summed E-state index contributed by atoms with van der Waals surface area (Å²) < 4.78 is 0. The Kier molecular flexibility index (Phi) is 3.26. The highest BCUT2D eigenvalue weighted by Crippen LogP contribution is 2.38. The van der Waals surface area contributed by atoms with Crippen LogP contribution in [0.4, 0.5) is 5.69 Å². The van der Waals surface area contributed by atoms with Gasteiger partial charge in [-0.1, -0.05) is 54.6 Å². The highest BCUT2D eigenvalue weighted by molar-refractivity contribution is 6.25. The predicted molar refractivity (Wildman–Crippen MR) is 108 cm³/mol. The zero-order chi connectivity index (χ0) is 17.7. The molecular formula is C24H18N2. The summed E-state index contributed by atoms with van der Waals surface area (Å²) in [6.07, 6.45) is 0. The van der Waals surface area contributed by atoms with Crippen LogP contribution in [0.5, 0.6) is 0 Å². The average molecular weight is 334 g/mol. The molecule has 0 N–H and O–H groups in total. The molecular weight excluding hydrogens is 316 g/mol. The standard InChI is InChI=1S/C24H18N2/c1-15-11-12-16(2)22(13-15)26-24-19-9-5-4-8-18(19)23-20(24)14-17-7-3-6-10-21(17)25-23/h3-14H,1-2H3. The maximum atomic E-state index is 5.08. The number of pyridine rings is 1. The van der Waals surface area contributed by atoms with Crippen molar-refractivity contribution in [3.8, 4) is 11.3 Å². The Morgan fingerprint density at radius 2 is 1.50 bits per heavy atom. The lowest BCUT2D eigenvalue weighted by Crippen LogP contribution is -1.98. The first-order valence-corrected chi connectivity index (χ1v) is 8.86. The lowest BCUT2D eigenvalue weighted by atomic mass is 10.1. The van der Waals surface area contributed by atoms with E-state index in [4.69, 9.17) is 9.98 Å². The van der Waals surface area contributed by atoms with Crippen LogP contribution in [0.3, 0.4) is 0 Å². The minimum absolute atomic E-state index is 1.02. The quantitative estimate of drug-likeness (QED) is 0.369. The van der Waals surface area contributed by atoms with E-state index >= 15 is 0 Å². The second kappa shape index (κ2) is 5.63. The van der Waals surface area contributed by atoms with Crippen molar-refractivity contribution in [3.63, 3.8) is 0 Å². The van der Waals surface area contributed by atoms with E-state index in [0.29, 0.717) is 0 Å². The number of aromatic nitrogens is 1. The van der Waals surface area contributed by atoms with Crippen molar-refractivity contribution >= 4 is 22.3 Å². The molecule has 0 radical (unpaired) electrons. The van der Waals surface area contributed by atoms with Gasteiger partial charge in [0.2, 0.25) is 0 Å². The van der Waals surface area contributed by atoms with E-state index in [9.17, 15) is 0 Å². The second-order valence-corrected chi connectivity index (χ2v) is 6.87. The molecule has 5 rings (SSSR count). The largest absolute Gasteiger partial charge is 0.247 e. The third-order valence-corrected chi connectivity index (χ3v) is 5.01. The van der Waals surface area contributed by atoms with Gasteiger partial charge in [0.25, 0.3) is 0 Å². The zero-order valence-corrected chi connectivity index (χ0v) is 14.8. The molecule has 1 heterocycles. The molecule has 0 spiro atoms. The molecule has 3 aromatic carbocycles. The molecule has 0 unspecified atom stereocenters. The van der Waals surface area contributed by atoms with Gasteiger partial charge in [0.05, 0.1) is 22.6 Å². The highest BCUT2D eigenvalue weighted by atomic mass is 14.8. The van der Waals surface area contributed by atoms with Crippen molar-refractivity contribution in [2.24, 2.45) is 4.99 Å². The Bertz CT molecular complexity index is 1200. The topological polar surface area (TPSA) is 25.2 Å². The Labute approximate surface area is 152 Å². The van der Waals surface area contributed by atoms with Crippen LogP contribution >= 0.6 is 0 Å². The van der Waals surface area contributed by atoms with E-state index in [1.807, 2.05) is 6.07 Å². The normalized spacial score (nSPS) is 13.8. The molecule has 0 amide bonds. The van der Waals surface area contributed by atoms with Crippen molar-refractivity contribution in [2.45, 2.75) is 13.8 Å². The summed E-state index contributed by atoms with van der Waals surface area (Å²) in [5.74, 6) is 0. The molecule has 2 heteroatoms. The summed E-state index contributed by atoms with van der Waals surface area (Å²) >= 11 is 0. The van der Waals surface area contributed by atoms with E-state index in [1.165, 1.54) is 11.1 Å². The Hall–Kier alpha value is -3.26. The number of para-hydroxylation sites is 1. The van der Waals surface area contributed by atoms with Crippen molar-refractivity contribution in [1.82, 2.24) is 4.98 Å². The van der Waals surface area contributed by atoms with Crippen LogP contribution in [0, 0.1) is 13.8 Å². The van der Waals surface area contributed by atoms with Crippen molar-refractivity contribution in [1.29, 1.82) is 0 Å². The number of aryl methyl sites for hydroxylation is 2. The molecule has 0 atom stereocenters. The molecule has 124 valence electrons. The monoisotopic (exact) mass is 334 g/mol. The predicted octanol–water partition coefficient (Wildman–Crippen LogP) is 6.00. The zero-order valence-electron chi connectivity index (χ0n) is 14.8. The Morgan fingerprint density at radius 3 is 2.38 bits per heavy atom. The average Bonchev–Trinajstić information content (AvgIpc) is 2.96. The summed E-state index contributed by atoms with van der Waals surface area (Å²) in [6.45, 7) is 4.22. The second-order valence-electron chi connectivity index (χ2n) is 6.87. The lowest BCUT2D eigenvalue weighted by molar-refractivity contribution is 1.35. The van der Waals surface area contributed by atoms with Gasteiger partial charge in [0.15, 0.2) is 0 Å². The summed E-state index contributed by atoms with van der Waals surface area (Å²) in [6, 6.07) is 25.3. The molecule has 0 saturated heterocycles. The Balaban J connectivity index is 1.83. The van der Waals surface area contributed by atoms with Gasteiger partial charge in [0.1, 0.15) is 0 Å². The minimum Gasteiger partial charge on any atom is -0.247 e. The summed E-state index contributed by atoms with van der Waals surface area (Å²) in [5, 5.41) is 1.15. The van der Waals surface area contributed by atoms with E-state index in [2.05, 4.69) is 80.6 Å². The molecule has 1 aliphatic rings. The SMILES string of the molecule is Cc1ccc(C)c(N=C2c3ccccc3-c3nc4ccccc4cc32)c1. The van der Waals surface area contributed by atoms with Gasteiger partial charge in [-0.15, -0.1) is 0 Å².